The molecule has 1 atom stereocenters. The summed E-state index contributed by atoms with van der Waals surface area (Å²) >= 11 is 0. The Morgan fingerprint density at radius 2 is 2.29 bits per heavy atom. The van der Waals surface area contributed by atoms with Crippen LogP contribution in [0.25, 0.3) is 0 Å². The molecule has 0 fully saturated rings. The number of rotatable bonds is 5. The van der Waals surface area contributed by atoms with Crippen molar-refractivity contribution in [1.29, 1.82) is 0 Å². The van der Waals surface area contributed by atoms with Crippen molar-refractivity contribution in [2.75, 3.05) is 6.54 Å². The van der Waals surface area contributed by atoms with E-state index in [2.05, 4.69) is 20.7 Å². The largest absolute Gasteiger partial charge is 0.382 e. The van der Waals surface area contributed by atoms with E-state index in [1.807, 2.05) is 6.92 Å². The third-order valence-electron chi connectivity index (χ3n) is 3.66. The van der Waals surface area contributed by atoms with Crippen molar-refractivity contribution >= 4 is 11.6 Å². The highest BCUT2D eigenvalue weighted by Crippen LogP contribution is 2.20. The molecule has 2 heterocycles. The Kier molecular flexibility index (Phi) is 4.50. The van der Waals surface area contributed by atoms with E-state index in [0.29, 0.717) is 13.1 Å². The lowest BCUT2D eigenvalue weighted by Crippen LogP contribution is -2.36. The molecule has 2 aromatic rings. The zero-order chi connectivity index (χ0) is 17.1. The van der Waals surface area contributed by atoms with E-state index in [4.69, 9.17) is 4.84 Å². The average molecular weight is 335 g/mol. The van der Waals surface area contributed by atoms with Crippen LogP contribution in [0.4, 0.5) is 8.78 Å². The van der Waals surface area contributed by atoms with Gasteiger partial charge in [-0.3, -0.25) is 4.79 Å². The molecule has 0 saturated heterocycles. The number of nitrogens with one attached hydrogen (secondary N) is 1. The van der Waals surface area contributed by atoms with Crippen molar-refractivity contribution in [3.05, 3.63) is 47.5 Å². The molecule has 126 valence electrons. The van der Waals surface area contributed by atoms with Crippen LogP contribution in [0.1, 0.15) is 17.8 Å². The van der Waals surface area contributed by atoms with Crippen LogP contribution in [0.15, 0.2) is 29.7 Å². The van der Waals surface area contributed by atoms with Gasteiger partial charge in [-0.1, -0.05) is 5.16 Å². The van der Waals surface area contributed by atoms with Gasteiger partial charge in [-0.15, -0.1) is 10.2 Å². The Bertz CT molecular complexity index is 790. The van der Waals surface area contributed by atoms with E-state index >= 15 is 0 Å². The highest BCUT2D eigenvalue weighted by Gasteiger charge is 2.30. The van der Waals surface area contributed by atoms with Crippen molar-refractivity contribution in [3.8, 4) is 0 Å². The number of halogens is 2. The molecule has 1 aromatic carbocycles. The molecule has 0 spiro atoms. The first-order chi connectivity index (χ1) is 11.5. The molecule has 9 heteroatoms. The molecule has 1 unspecified atom stereocenters. The van der Waals surface area contributed by atoms with Gasteiger partial charge in [-0.2, -0.15) is 0 Å². The fraction of sp³-hybridized carbons (Fsp3) is 0.333. The molecule has 1 aliphatic heterocycles. The second kappa shape index (κ2) is 6.73. The fourth-order valence-electron chi connectivity index (χ4n) is 2.34. The van der Waals surface area contributed by atoms with Crippen LogP contribution in [0.5, 0.6) is 0 Å². The van der Waals surface area contributed by atoms with Crippen LogP contribution in [0.3, 0.4) is 0 Å². The predicted molar refractivity (Wildman–Crippen MR) is 80.2 cm³/mol. The topological polar surface area (TPSA) is 81.4 Å². The molecule has 24 heavy (non-hydrogen) atoms. The number of hydrogen-bond acceptors (Lipinski definition) is 5. The molecule has 1 aliphatic rings. The third kappa shape index (κ3) is 3.39. The standard InChI is InChI=1S/C15H15F2N5O2/c1-9-20-19-8-22(9)5-4-18-15(23)14-7-13(21-24-14)11-6-10(16)2-3-12(11)17/h2-3,6,8,14H,4-5,7H2,1H3,(H,18,23). The molecule has 0 saturated carbocycles. The van der Waals surface area contributed by atoms with Gasteiger partial charge < -0.3 is 14.7 Å². The van der Waals surface area contributed by atoms with Gasteiger partial charge in [-0.05, 0) is 25.1 Å². The number of carbonyl (C=O) groups is 1. The second-order valence-electron chi connectivity index (χ2n) is 5.32. The smallest absolute Gasteiger partial charge is 0.264 e. The fourth-order valence-corrected chi connectivity index (χ4v) is 2.34. The average Bonchev–Trinajstić information content (AvgIpc) is 3.19. The predicted octanol–water partition coefficient (Wildman–Crippen LogP) is 1.17. The molecule has 1 aromatic heterocycles. The van der Waals surface area contributed by atoms with Gasteiger partial charge in [0.05, 0.1) is 5.71 Å². The maximum Gasteiger partial charge on any atom is 0.264 e. The van der Waals surface area contributed by atoms with E-state index in [1.54, 1.807) is 10.9 Å². The zero-order valence-corrected chi connectivity index (χ0v) is 12.9. The number of aryl methyl sites for hydroxylation is 1. The van der Waals surface area contributed by atoms with Gasteiger partial charge >= 0.3 is 0 Å². The van der Waals surface area contributed by atoms with E-state index < -0.39 is 17.7 Å². The Labute approximate surface area is 136 Å². The van der Waals surface area contributed by atoms with Gasteiger partial charge in [0.15, 0.2) is 0 Å². The first-order valence-corrected chi connectivity index (χ1v) is 7.35. The molecule has 0 bridgehead atoms. The minimum absolute atomic E-state index is 0.00501. The van der Waals surface area contributed by atoms with Crippen LogP contribution < -0.4 is 5.32 Å². The number of nitrogens with zero attached hydrogens (tertiary/aromatic N) is 4. The molecular formula is C15H15F2N5O2. The van der Waals surface area contributed by atoms with Crippen LogP contribution in [-0.2, 0) is 16.2 Å². The zero-order valence-electron chi connectivity index (χ0n) is 12.9. The Hall–Kier alpha value is -2.84. The summed E-state index contributed by atoms with van der Waals surface area (Å²) in [7, 11) is 0. The first-order valence-electron chi connectivity index (χ1n) is 7.35. The monoisotopic (exact) mass is 335 g/mol. The molecular weight excluding hydrogens is 320 g/mol. The summed E-state index contributed by atoms with van der Waals surface area (Å²) < 4.78 is 28.8. The van der Waals surface area contributed by atoms with Crippen LogP contribution in [-0.4, -0.2) is 39.0 Å². The van der Waals surface area contributed by atoms with Crippen LogP contribution in [0, 0.1) is 18.6 Å². The second-order valence-corrected chi connectivity index (χ2v) is 5.32. The summed E-state index contributed by atoms with van der Waals surface area (Å²) in [6.07, 6.45) is 0.795. The van der Waals surface area contributed by atoms with Gasteiger partial charge in [0.25, 0.3) is 5.91 Å². The van der Waals surface area contributed by atoms with Gasteiger partial charge in [0.1, 0.15) is 23.8 Å². The number of aromatic nitrogens is 3. The normalized spacial score (nSPS) is 16.6. The molecule has 7 nitrogen and oxygen atoms in total. The summed E-state index contributed by atoms with van der Waals surface area (Å²) in [6.45, 7) is 2.69. The Morgan fingerprint density at radius 3 is 3.04 bits per heavy atom. The van der Waals surface area contributed by atoms with Crippen molar-refractivity contribution in [2.45, 2.75) is 26.0 Å². The lowest BCUT2D eigenvalue weighted by atomic mass is 10.0. The van der Waals surface area contributed by atoms with Crippen LogP contribution >= 0.6 is 0 Å². The van der Waals surface area contributed by atoms with E-state index in [9.17, 15) is 13.6 Å². The Balaban J connectivity index is 1.53. The number of amides is 1. The minimum Gasteiger partial charge on any atom is -0.382 e. The lowest BCUT2D eigenvalue weighted by Gasteiger charge is -2.10. The molecule has 1 amide bonds. The third-order valence-corrected chi connectivity index (χ3v) is 3.66. The number of hydrogen-bond donors (Lipinski definition) is 1. The minimum atomic E-state index is -0.857. The lowest BCUT2D eigenvalue weighted by molar-refractivity contribution is -0.131. The maximum atomic E-state index is 13.7. The summed E-state index contributed by atoms with van der Waals surface area (Å²) in [4.78, 5) is 17.1. The van der Waals surface area contributed by atoms with E-state index in [-0.39, 0.29) is 23.6 Å². The quantitative estimate of drug-likeness (QED) is 0.889. The van der Waals surface area contributed by atoms with Gasteiger partial charge in [0.2, 0.25) is 6.10 Å². The summed E-state index contributed by atoms with van der Waals surface area (Å²) in [5.41, 5.74) is 0.215. The van der Waals surface area contributed by atoms with Gasteiger partial charge in [-0.25, -0.2) is 8.78 Å². The molecule has 0 radical (unpaired) electrons. The van der Waals surface area contributed by atoms with Gasteiger partial charge in [0, 0.05) is 25.1 Å². The van der Waals surface area contributed by atoms with E-state index in [1.165, 1.54) is 0 Å². The van der Waals surface area contributed by atoms with Crippen molar-refractivity contribution in [1.82, 2.24) is 20.1 Å². The van der Waals surface area contributed by atoms with Crippen molar-refractivity contribution in [3.63, 3.8) is 0 Å². The van der Waals surface area contributed by atoms with Crippen LogP contribution in [0.2, 0.25) is 0 Å². The molecule has 3 rings (SSSR count). The molecule has 1 N–H and O–H groups in total. The summed E-state index contributed by atoms with van der Waals surface area (Å²) in [6, 6.07) is 3.07. The van der Waals surface area contributed by atoms with E-state index in [0.717, 1.165) is 24.0 Å². The highest BCUT2D eigenvalue weighted by atomic mass is 19.1. The highest BCUT2D eigenvalue weighted by molar-refractivity contribution is 6.04. The number of oxime groups is 1. The molecule has 0 aliphatic carbocycles. The van der Waals surface area contributed by atoms with Crippen molar-refractivity contribution in [2.24, 2.45) is 5.16 Å². The number of benzene rings is 1. The Morgan fingerprint density at radius 1 is 1.46 bits per heavy atom. The maximum absolute atomic E-state index is 13.7. The summed E-state index contributed by atoms with van der Waals surface area (Å²) in [5.74, 6) is -0.806. The summed E-state index contributed by atoms with van der Waals surface area (Å²) in [5, 5.41) is 14.0. The first kappa shape index (κ1) is 16.0. The van der Waals surface area contributed by atoms with Crippen molar-refractivity contribution < 1.29 is 18.4 Å². The number of carbonyl (C=O) groups excluding carboxylic acids is 1. The SMILES string of the molecule is Cc1nncn1CCNC(=O)C1CC(c2cc(F)ccc2F)=NO1.